The first-order valence-corrected chi connectivity index (χ1v) is 2.95. The van der Waals surface area contributed by atoms with Crippen molar-refractivity contribution in [3.63, 3.8) is 0 Å². The summed E-state index contributed by atoms with van der Waals surface area (Å²) < 4.78 is 0. The summed E-state index contributed by atoms with van der Waals surface area (Å²) in [5.74, 6) is 0. The molecule has 1 aliphatic rings. The summed E-state index contributed by atoms with van der Waals surface area (Å²) >= 11 is 0. The monoisotopic (exact) mass is 112 g/mol. The van der Waals surface area contributed by atoms with Gasteiger partial charge in [-0.1, -0.05) is 12.8 Å². The predicted octanol–water partition coefficient (Wildman–Crippen LogP) is 0.368. The van der Waals surface area contributed by atoms with E-state index >= 15 is 0 Å². The molecule has 1 fully saturated rings. The van der Waals surface area contributed by atoms with Crippen molar-refractivity contribution in [1.29, 1.82) is 0 Å². The van der Waals surface area contributed by atoms with E-state index in [0.29, 0.717) is 0 Å². The number of rotatable bonds is 1. The van der Waals surface area contributed by atoms with Crippen molar-refractivity contribution < 1.29 is 4.79 Å². The second-order valence-corrected chi connectivity index (χ2v) is 2.47. The van der Waals surface area contributed by atoms with Gasteiger partial charge in [-0.3, -0.25) is 4.79 Å². The van der Waals surface area contributed by atoms with E-state index in [-0.39, 0.29) is 0 Å². The van der Waals surface area contributed by atoms with E-state index in [0.717, 1.165) is 25.7 Å². The van der Waals surface area contributed by atoms with Crippen molar-refractivity contribution in [3.05, 3.63) is 0 Å². The van der Waals surface area contributed by atoms with Crippen LogP contribution in [0.3, 0.4) is 0 Å². The summed E-state index contributed by atoms with van der Waals surface area (Å²) in [5, 5.41) is 0. The quantitative estimate of drug-likeness (QED) is 0.532. The Bertz CT molecular complexity index is 94.7. The number of carbonyl (C=O) groups excluding carboxylic acids is 1. The highest BCUT2D eigenvalue weighted by atomic mass is 16.1. The molecule has 0 aromatic carbocycles. The molecule has 1 rings (SSSR count). The SMILES string of the molecule is NC1([C]=O)CCCC1. The smallest absolute Gasteiger partial charge is 0.220 e. The van der Waals surface area contributed by atoms with E-state index in [1.807, 2.05) is 6.29 Å². The van der Waals surface area contributed by atoms with Crippen molar-refractivity contribution in [3.8, 4) is 0 Å². The molecule has 0 heterocycles. The Morgan fingerprint density at radius 2 is 1.88 bits per heavy atom. The van der Waals surface area contributed by atoms with E-state index in [2.05, 4.69) is 0 Å². The zero-order valence-corrected chi connectivity index (χ0v) is 4.81. The summed E-state index contributed by atoms with van der Waals surface area (Å²) in [6, 6.07) is 0. The van der Waals surface area contributed by atoms with E-state index in [1.54, 1.807) is 0 Å². The van der Waals surface area contributed by atoms with Gasteiger partial charge in [0.25, 0.3) is 0 Å². The van der Waals surface area contributed by atoms with Gasteiger partial charge < -0.3 is 5.73 Å². The van der Waals surface area contributed by atoms with Crippen molar-refractivity contribution in [2.24, 2.45) is 5.73 Å². The molecule has 0 aliphatic heterocycles. The highest BCUT2D eigenvalue weighted by molar-refractivity contribution is 5.64. The molecule has 0 aromatic rings. The maximum Gasteiger partial charge on any atom is 0.220 e. The van der Waals surface area contributed by atoms with Crippen LogP contribution in [-0.2, 0) is 4.79 Å². The molecule has 8 heavy (non-hydrogen) atoms. The van der Waals surface area contributed by atoms with Gasteiger partial charge >= 0.3 is 0 Å². The fourth-order valence-corrected chi connectivity index (χ4v) is 1.11. The highest BCUT2D eigenvalue weighted by Gasteiger charge is 2.29. The van der Waals surface area contributed by atoms with Crippen LogP contribution in [0.4, 0.5) is 0 Å². The lowest BCUT2D eigenvalue weighted by atomic mass is 10.0. The minimum absolute atomic E-state index is 0.569. The van der Waals surface area contributed by atoms with Crippen LogP contribution in [0.15, 0.2) is 0 Å². The third kappa shape index (κ3) is 0.892. The highest BCUT2D eigenvalue weighted by Crippen LogP contribution is 2.24. The Hall–Kier alpha value is -0.370. The summed E-state index contributed by atoms with van der Waals surface area (Å²) in [4.78, 5) is 10.1. The summed E-state index contributed by atoms with van der Waals surface area (Å²) in [6.45, 7) is 0. The lowest BCUT2D eigenvalue weighted by molar-refractivity contribution is 0.487. The maximum atomic E-state index is 10.1. The van der Waals surface area contributed by atoms with Crippen LogP contribution in [0, 0.1) is 0 Å². The summed E-state index contributed by atoms with van der Waals surface area (Å²) in [7, 11) is 0. The van der Waals surface area contributed by atoms with Gasteiger partial charge in [0.2, 0.25) is 6.29 Å². The normalized spacial score (nSPS) is 25.6. The molecular formula is C6H10NO. The molecule has 0 atom stereocenters. The lowest BCUT2D eigenvalue weighted by Crippen LogP contribution is -2.37. The second kappa shape index (κ2) is 1.86. The maximum absolute atomic E-state index is 10.1. The van der Waals surface area contributed by atoms with E-state index in [4.69, 9.17) is 5.73 Å². The van der Waals surface area contributed by atoms with Crippen LogP contribution >= 0.6 is 0 Å². The first kappa shape index (κ1) is 5.76. The largest absolute Gasteiger partial charge is 0.319 e. The fourth-order valence-electron chi connectivity index (χ4n) is 1.11. The molecule has 0 bridgehead atoms. The fraction of sp³-hybridized carbons (Fsp3) is 0.833. The van der Waals surface area contributed by atoms with Gasteiger partial charge in [-0.2, -0.15) is 0 Å². The first-order chi connectivity index (χ1) is 3.77. The molecule has 0 amide bonds. The van der Waals surface area contributed by atoms with Gasteiger partial charge in [-0.15, -0.1) is 0 Å². The molecule has 2 N–H and O–H groups in total. The summed E-state index contributed by atoms with van der Waals surface area (Å²) in [6.07, 6.45) is 5.71. The number of nitrogens with two attached hydrogens (primary N) is 1. The molecule has 1 saturated carbocycles. The molecule has 2 heteroatoms. The van der Waals surface area contributed by atoms with Gasteiger partial charge in [0.1, 0.15) is 0 Å². The molecule has 0 saturated heterocycles. The minimum atomic E-state index is -0.569. The van der Waals surface area contributed by atoms with Crippen LogP contribution in [0.1, 0.15) is 25.7 Å². The minimum Gasteiger partial charge on any atom is -0.319 e. The zero-order valence-electron chi connectivity index (χ0n) is 4.81. The van der Waals surface area contributed by atoms with Crippen LogP contribution in [-0.4, -0.2) is 11.8 Å². The average molecular weight is 112 g/mol. The Kier molecular flexibility index (Phi) is 1.34. The second-order valence-electron chi connectivity index (χ2n) is 2.47. The van der Waals surface area contributed by atoms with Crippen molar-refractivity contribution in [1.82, 2.24) is 0 Å². The molecule has 0 spiro atoms. The predicted molar refractivity (Wildman–Crippen MR) is 31.1 cm³/mol. The van der Waals surface area contributed by atoms with E-state index < -0.39 is 5.54 Å². The van der Waals surface area contributed by atoms with Gasteiger partial charge in [-0.05, 0) is 12.8 Å². The van der Waals surface area contributed by atoms with Crippen LogP contribution in [0.5, 0.6) is 0 Å². The number of hydrogen-bond donors (Lipinski definition) is 1. The number of hydrogen-bond acceptors (Lipinski definition) is 2. The molecule has 0 aromatic heterocycles. The summed E-state index contributed by atoms with van der Waals surface area (Å²) in [5.41, 5.74) is 4.97. The molecule has 1 aliphatic carbocycles. The topological polar surface area (TPSA) is 43.1 Å². The third-order valence-corrected chi connectivity index (χ3v) is 1.70. The molecule has 1 radical (unpaired) electrons. The Labute approximate surface area is 49.1 Å². The Morgan fingerprint density at radius 1 is 1.38 bits per heavy atom. The van der Waals surface area contributed by atoms with Crippen LogP contribution in [0.25, 0.3) is 0 Å². The van der Waals surface area contributed by atoms with Crippen molar-refractivity contribution in [2.45, 2.75) is 31.2 Å². The van der Waals surface area contributed by atoms with Crippen LogP contribution < -0.4 is 5.73 Å². The van der Waals surface area contributed by atoms with Crippen molar-refractivity contribution in [2.75, 3.05) is 0 Å². The van der Waals surface area contributed by atoms with E-state index in [1.165, 1.54) is 0 Å². The molecule has 0 unspecified atom stereocenters. The average Bonchev–Trinajstić information content (AvgIpc) is 2.17. The van der Waals surface area contributed by atoms with Crippen molar-refractivity contribution >= 4 is 6.29 Å². The molecule has 2 nitrogen and oxygen atoms in total. The Morgan fingerprint density at radius 3 is 2.12 bits per heavy atom. The van der Waals surface area contributed by atoms with Gasteiger partial charge in [0.05, 0.1) is 5.54 Å². The van der Waals surface area contributed by atoms with E-state index in [9.17, 15) is 4.79 Å². The standard InChI is InChI=1S/C6H10NO/c7-6(5-8)3-1-2-4-6/h1-4,7H2. The molecular weight excluding hydrogens is 102 g/mol. The first-order valence-electron chi connectivity index (χ1n) is 2.95. The van der Waals surface area contributed by atoms with Gasteiger partial charge in [0, 0.05) is 0 Å². The zero-order chi connectivity index (χ0) is 6.04. The van der Waals surface area contributed by atoms with Gasteiger partial charge in [-0.25, -0.2) is 0 Å². The van der Waals surface area contributed by atoms with Gasteiger partial charge in [0.15, 0.2) is 0 Å². The third-order valence-electron chi connectivity index (χ3n) is 1.70. The van der Waals surface area contributed by atoms with Crippen LogP contribution in [0.2, 0.25) is 0 Å². The lowest BCUT2D eigenvalue weighted by Gasteiger charge is -2.10. The molecule has 45 valence electrons. The Balaban J connectivity index is 2.52.